The van der Waals surface area contributed by atoms with E-state index < -0.39 is 0 Å². The molecule has 0 aliphatic carbocycles. The molecule has 1 atom stereocenters. The van der Waals surface area contributed by atoms with Crippen LogP contribution < -0.4 is 0 Å². The van der Waals surface area contributed by atoms with Crippen LogP contribution in [0.5, 0.6) is 0 Å². The van der Waals surface area contributed by atoms with Gasteiger partial charge in [0.2, 0.25) is 5.91 Å². The number of aromatic nitrogens is 5. The van der Waals surface area contributed by atoms with E-state index in [1.807, 2.05) is 34.9 Å². The Labute approximate surface area is 147 Å². The molecule has 1 amide bonds. The fraction of sp³-hybridized carbons (Fsp3) is 0.647. The van der Waals surface area contributed by atoms with Crippen molar-refractivity contribution in [3.05, 3.63) is 29.6 Å². The molecular weight excluding hydrogens is 320 g/mol. The van der Waals surface area contributed by atoms with Crippen molar-refractivity contribution >= 4 is 5.91 Å². The molecule has 0 aromatic carbocycles. The minimum atomic E-state index is -0.198. The van der Waals surface area contributed by atoms with Gasteiger partial charge in [-0.25, -0.2) is 0 Å². The molecule has 1 aliphatic rings. The van der Waals surface area contributed by atoms with Gasteiger partial charge < -0.3 is 14.2 Å². The lowest BCUT2D eigenvalue weighted by Gasteiger charge is -2.32. The van der Waals surface area contributed by atoms with Crippen LogP contribution in [0.25, 0.3) is 0 Å². The number of nitrogens with zero attached hydrogens (tertiary/aromatic N) is 6. The van der Waals surface area contributed by atoms with Crippen LogP contribution in [0.1, 0.15) is 43.1 Å². The van der Waals surface area contributed by atoms with Gasteiger partial charge in [0.15, 0.2) is 5.82 Å². The van der Waals surface area contributed by atoms with E-state index in [1.54, 1.807) is 6.33 Å². The molecule has 8 nitrogen and oxygen atoms in total. The van der Waals surface area contributed by atoms with Crippen LogP contribution in [0.4, 0.5) is 0 Å². The Hall–Kier alpha value is -2.22. The second-order valence-electron chi connectivity index (χ2n) is 6.43. The monoisotopic (exact) mass is 346 g/mol. The molecule has 0 N–H and O–H groups in total. The van der Waals surface area contributed by atoms with E-state index in [1.165, 1.54) is 0 Å². The molecule has 1 saturated heterocycles. The summed E-state index contributed by atoms with van der Waals surface area (Å²) >= 11 is 0. The molecule has 1 fully saturated rings. The van der Waals surface area contributed by atoms with Gasteiger partial charge in [0, 0.05) is 31.7 Å². The number of amides is 1. The third kappa shape index (κ3) is 4.07. The minimum absolute atomic E-state index is 0.164. The third-order valence-corrected chi connectivity index (χ3v) is 4.56. The van der Waals surface area contributed by atoms with E-state index in [0.717, 1.165) is 36.7 Å². The summed E-state index contributed by atoms with van der Waals surface area (Å²) < 4.78 is 9.73. The molecule has 0 spiro atoms. The largest absolute Gasteiger partial charge is 0.366 e. The van der Waals surface area contributed by atoms with Crippen molar-refractivity contribution in [3.8, 4) is 0 Å². The maximum Gasteiger partial charge on any atom is 0.222 e. The molecule has 0 radical (unpaired) electrons. The van der Waals surface area contributed by atoms with Crippen LogP contribution in [0.15, 0.2) is 12.4 Å². The Balaban J connectivity index is 1.52. The standard InChI is InChI=1S/C17H26N6O2/c1-4-21-12-18-19-17(21)15-11-22(8-9-25-15)16(24)6-5-7-23-14(3)10-13(2)20-23/h10,12,15H,4-9,11H2,1-3H3. The number of aryl methyl sites for hydroxylation is 4. The summed E-state index contributed by atoms with van der Waals surface area (Å²) in [6.07, 6.45) is 2.81. The summed E-state index contributed by atoms with van der Waals surface area (Å²) in [6.45, 7) is 9.33. The molecule has 3 rings (SSSR count). The Morgan fingerprint density at radius 3 is 2.96 bits per heavy atom. The third-order valence-electron chi connectivity index (χ3n) is 4.56. The van der Waals surface area contributed by atoms with E-state index in [-0.39, 0.29) is 12.0 Å². The van der Waals surface area contributed by atoms with E-state index in [4.69, 9.17) is 4.74 Å². The van der Waals surface area contributed by atoms with Gasteiger partial charge in [0.05, 0.1) is 18.8 Å². The summed E-state index contributed by atoms with van der Waals surface area (Å²) in [5, 5.41) is 12.5. The quantitative estimate of drug-likeness (QED) is 0.792. The highest BCUT2D eigenvalue weighted by Crippen LogP contribution is 2.21. The van der Waals surface area contributed by atoms with Gasteiger partial charge in [0.1, 0.15) is 12.4 Å². The highest BCUT2D eigenvalue weighted by molar-refractivity contribution is 5.76. The first-order chi connectivity index (χ1) is 12.1. The average molecular weight is 346 g/mol. The van der Waals surface area contributed by atoms with Gasteiger partial charge >= 0.3 is 0 Å². The Morgan fingerprint density at radius 1 is 1.40 bits per heavy atom. The van der Waals surface area contributed by atoms with Gasteiger partial charge in [-0.1, -0.05) is 0 Å². The van der Waals surface area contributed by atoms with Crippen molar-refractivity contribution in [2.75, 3.05) is 19.7 Å². The van der Waals surface area contributed by atoms with E-state index in [0.29, 0.717) is 26.1 Å². The molecule has 2 aromatic heterocycles. The molecule has 8 heteroatoms. The lowest BCUT2D eigenvalue weighted by Crippen LogP contribution is -2.42. The molecule has 0 saturated carbocycles. The van der Waals surface area contributed by atoms with E-state index >= 15 is 0 Å². The molecule has 3 heterocycles. The summed E-state index contributed by atoms with van der Waals surface area (Å²) in [5.74, 6) is 0.958. The fourth-order valence-corrected chi connectivity index (χ4v) is 3.23. The topological polar surface area (TPSA) is 78.1 Å². The summed E-state index contributed by atoms with van der Waals surface area (Å²) in [7, 11) is 0. The van der Waals surface area contributed by atoms with Crippen LogP contribution in [-0.2, 0) is 22.6 Å². The maximum atomic E-state index is 12.5. The number of carbonyl (C=O) groups excluding carboxylic acids is 1. The van der Waals surface area contributed by atoms with Crippen LogP contribution in [-0.4, -0.2) is 55.0 Å². The molecule has 1 aliphatic heterocycles. The van der Waals surface area contributed by atoms with E-state index in [2.05, 4.69) is 21.4 Å². The lowest BCUT2D eigenvalue weighted by atomic mass is 10.2. The second kappa shape index (κ2) is 7.77. The van der Waals surface area contributed by atoms with Crippen molar-refractivity contribution in [3.63, 3.8) is 0 Å². The predicted molar refractivity (Wildman–Crippen MR) is 91.9 cm³/mol. The van der Waals surface area contributed by atoms with Crippen molar-refractivity contribution in [2.24, 2.45) is 0 Å². The van der Waals surface area contributed by atoms with E-state index in [9.17, 15) is 4.79 Å². The smallest absolute Gasteiger partial charge is 0.222 e. The molecule has 0 bridgehead atoms. The van der Waals surface area contributed by atoms with Gasteiger partial charge in [-0.3, -0.25) is 9.48 Å². The van der Waals surface area contributed by atoms with Gasteiger partial charge in [-0.2, -0.15) is 5.10 Å². The fourth-order valence-electron chi connectivity index (χ4n) is 3.23. The average Bonchev–Trinajstić information content (AvgIpc) is 3.21. The van der Waals surface area contributed by atoms with Gasteiger partial charge in [-0.15, -0.1) is 10.2 Å². The van der Waals surface area contributed by atoms with Gasteiger partial charge in [-0.05, 0) is 33.3 Å². The van der Waals surface area contributed by atoms with Crippen LogP contribution in [0, 0.1) is 13.8 Å². The van der Waals surface area contributed by atoms with Crippen LogP contribution in [0.2, 0.25) is 0 Å². The van der Waals surface area contributed by atoms with Crippen molar-refractivity contribution in [2.45, 2.75) is 52.8 Å². The van der Waals surface area contributed by atoms with Crippen molar-refractivity contribution in [1.82, 2.24) is 29.4 Å². The Morgan fingerprint density at radius 2 is 2.24 bits per heavy atom. The zero-order valence-corrected chi connectivity index (χ0v) is 15.2. The SMILES string of the molecule is CCn1cnnc1C1CN(C(=O)CCCn2nc(C)cc2C)CCO1. The summed E-state index contributed by atoms with van der Waals surface area (Å²) in [6, 6.07) is 2.05. The maximum absolute atomic E-state index is 12.5. The zero-order chi connectivity index (χ0) is 17.8. The number of morpholine rings is 1. The zero-order valence-electron chi connectivity index (χ0n) is 15.2. The number of carbonyl (C=O) groups is 1. The predicted octanol–water partition coefficient (Wildman–Crippen LogP) is 1.49. The number of rotatable bonds is 6. The molecular formula is C17H26N6O2. The molecule has 136 valence electrons. The highest BCUT2D eigenvalue weighted by Gasteiger charge is 2.28. The molecule has 1 unspecified atom stereocenters. The highest BCUT2D eigenvalue weighted by atomic mass is 16.5. The van der Waals surface area contributed by atoms with Gasteiger partial charge in [0.25, 0.3) is 0 Å². The molecule has 2 aromatic rings. The number of hydrogen-bond acceptors (Lipinski definition) is 5. The van der Waals surface area contributed by atoms with Crippen molar-refractivity contribution in [1.29, 1.82) is 0 Å². The lowest BCUT2D eigenvalue weighted by molar-refractivity contribution is -0.139. The Bertz CT molecular complexity index is 723. The number of hydrogen-bond donors (Lipinski definition) is 0. The first-order valence-corrected chi connectivity index (χ1v) is 8.86. The Kier molecular flexibility index (Phi) is 5.47. The summed E-state index contributed by atoms with van der Waals surface area (Å²) in [5.41, 5.74) is 2.15. The normalized spacial score (nSPS) is 17.9. The first-order valence-electron chi connectivity index (χ1n) is 8.86. The number of ether oxygens (including phenoxy) is 1. The van der Waals surface area contributed by atoms with Crippen LogP contribution in [0.3, 0.4) is 0 Å². The van der Waals surface area contributed by atoms with Crippen LogP contribution >= 0.6 is 0 Å². The minimum Gasteiger partial charge on any atom is -0.366 e. The first kappa shape index (κ1) is 17.6. The summed E-state index contributed by atoms with van der Waals surface area (Å²) in [4.78, 5) is 14.4. The van der Waals surface area contributed by atoms with Crippen molar-refractivity contribution < 1.29 is 9.53 Å². The second-order valence-corrected chi connectivity index (χ2v) is 6.43. The molecule has 25 heavy (non-hydrogen) atoms.